The number of carbonyl (C=O) groups excluding carboxylic acids is 1. The highest BCUT2D eigenvalue weighted by Gasteiger charge is 2.28. The van der Waals surface area contributed by atoms with Crippen molar-refractivity contribution >= 4 is 28.0 Å². The van der Waals surface area contributed by atoms with Gasteiger partial charge in [-0.2, -0.15) is 0 Å². The molecule has 0 amide bonds. The molecular weight excluding hydrogens is 276 g/mol. The van der Waals surface area contributed by atoms with E-state index in [2.05, 4.69) is 36.4 Å². The van der Waals surface area contributed by atoms with E-state index in [1.165, 1.54) is 40.7 Å². The van der Waals surface area contributed by atoms with Gasteiger partial charge in [0.1, 0.15) is 17.8 Å². The van der Waals surface area contributed by atoms with E-state index < -0.39 is 0 Å². The molecule has 1 nitrogen and oxygen atoms in total. The SMILES string of the molecule is O=CCCCCc1ccc([S+]2CCCC2)c2ccccc12. The average Bonchev–Trinajstić information content (AvgIpc) is 3.05. The largest absolute Gasteiger partial charge is 0.303 e. The number of unbranched alkanes of at least 4 members (excludes halogenated alkanes) is 2. The van der Waals surface area contributed by atoms with Gasteiger partial charge in [-0.3, -0.25) is 0 Å². The molecule has 0 unspecified atom stereocenters. The Labute approximate surface area is 130 Å². The molecule has 21 heavy (non-hydrogen) atoms. The first-order valence-electron chi connectivity index (χ1n) is 8.02. The monoisotopic (exact) mass is 299 g/mol. The lowest BCUT2D eigenvalue weighted by Crippen LogP contribution is -2.05. The number of aldehydes is 1. The fraction of sp³-hybridized carbons (Fsp3) is 0.421. The van der Waals surface area contributed by atoms with Gasteiger partial charge in [0, 0.05) is 22.7 Å². The second-order valence-electron chi connectivity index (χ2n) is 5.79. The highest BCUT2D eigenvalue weighted by atomic mass is 32.2. The number of aryl methyl sites for hydroxylation is 1. The molecule has 2 aromatic rings. The topological polar surface area (TPSA) is 17.1 Å². The van der Waals surface area contributed by atoms with Crippen molar-refractivity contribution in [3.8, 4) is 0 Å². The predicted molar refractivity (Wildman–Crippen MR) is 92.2 cm³/mol. The molecule has 1 saturated heterocycles. The van der Waals surface area contributed by atoms with E-state index in [0.29, 0.717) is 17.3 Å². The van der Waals surface area contributed by atoms with Crippen molar-refractivity contribution in [3.05, 3.63) is 42.0 Å². The Morgan fingerprint density at radius 1 is 0.952 bits per heavy atom. The van der Waals surface area contributed by atoms with Crippen LogP contribution in [0.15, 0.2) is 41.3 Å². The van der Waals surface area contributed by atoms with Crippen molar-refractivity contribution in [3.63, 3.8) is 0 Å². The summed E-state index contributed by atoms with van der Waals surface area (Å²) in [5.74, 6) is 2.76. The van der Waals surface area contributed by atoms with Crippen LogP contribution in [0.2, 0.25) is 0 Å². The molecule has 0 bridgehead atoms. The Hall–Kier alpha value is -1.28. The Kier molecular flexibility index (Phi) is 4.97. The predicted octanol–water partition coefficient (Wildman–Crippen LogP) is 4.52. The molecule has 2 heteroatoms. The van der Waals surface area contributed by atoms with Crippen LogP contribution in [0.4, 0.5) is 0 Å². The molecule has 1 aliphatic heterocycles. The van der Waals surface area contributed by atoms with Crippen LogP contribution in [0.25, 0.3) is 10.8 Å². The number of carbonyl (C=O) groups is 1. The minimum absolute atomic E-state index is 0.471. The lowest BCUT2D eigenvalue weighted by atomic mass is 10.00. The maximum Gasteiger partial charge on any atom is 0.162 e. The van der Waals surface area contributed by atoms with Crippen molar-refractivity contribution in [2.75, 3.05) is 11.5 Å². The number of hydrogen-bond acceptors (Lipinski definition) is 1. The maximum atomic E-state index is 10.4. The Balaban J connectivity index is 1.88. The van der Waals surface area contributed by atoms with Crippen LogP contribution >= 0.6 is 0 Å². The summed E-state index contributed by atoms with van der Waals surface area (Å²) in [6.45, 7) is 0. The lowest BCUT2D eigenvalue weighted by molar-refractivity contribution is -0.107. The molecule has 2 aromatic carbocycles. The fourth-order valence-corrected chi connectivity index (χ4v) is 5.72. The number of fused-ring (bicyclic) bond motifs is 1. The first-order valence-corrected chi connectivity index (χ1v) is 9.58. The highest BCUT2D eigenvalue weighted by molar-refractivity contribution is 7.97. The number of benzene rings is 2. The smallest absolute Gasteiger partial charge is 0.162 e. The van der Waals surface area contributed by atoms with Crippen LogP contribution in [0.5, 0.6) is 0 Å². The van der Waals surface area contributed by atoms with Crippen molar-refractivity contribution < 1.29 is 4.79 Å². The third-order valence-electron chi connectivity index (χ3n) is 4.33. The molecular formula is C19H23OS+. The van der Waals surface area contributed by atoms with Gasteiger partial charge in [0.2, 0.25) is 0 Å². The molecule has 0 spiro atoms. The quantitative estimate of drug-likeness (QED) is 0.435. The summed E-state index contributed by atoms with van der Waals surface area (Å²) in [6, 6.07) is 13.6. The number of rotatable bonds is 6. The zero-order chi connectivity index (χ0) is 14.5. The summed E-state index contributed by atoms with van der Waals surface area (Å²) in [6.07, 6.45) is 7.71. The Morgan fingerprint density at radius 2 is 1.71 bits per heavy atom. The summed E-state index contributed by atoms with van der Waals surface area (Å²) >= 11 is 0. The number of hydrogen-bond donors (Lipinski definition) is 0. The van der Waals surface area contributed by atoms with Gasteiger partial charge in [-0.15, -0.1) is 0 Å². The zero-order valence-corrected chi connectivity index (χ0v) is 13.3. The maximum absolute atomic E-state index is 10.4. The summed E-state index contributed by atoms with van der Waals surface area (Å²) in [5, 5.41) is 2.90. The lowest BCUT2D eigenvalue weighted by Gasteiger charge is -2.10. The van der Waals surface area contributed by atoms with E-state index in [1.54, 1.807) is 4.90 Å². The van der Waals surface area contributed by atoms with Crippen LogP contribution < -0.4 is 0 Å². The molecule has 0 atom stereocenters. The van der Waals surface area contributed by atoms with Gasteiger partial charge in [-0.1, -0.05) is 24.3 Å². The molecule has 0 saturated carbocycles. The van der Waals surface area contributed by atoms with Gasteiger partial charge in [0.05, 0.1) is 0 Å². The average molecular weight is 299 g/mol. The summed E-state index contributed by atoms with van der Waals surface area (Å²) in [4.78, 5) is 12.0. The van der Waals surface area contributed by atoms with Crippen LogP contribution in [0, 0.1) is 0 Å². The van der Waals surface area contributed by atoms with Gasteiger partial charge in [-0.25, -0.2) is 0 Å². The van der Waals surface area contributed by atoms with Gasteiger partial charge in [0.25, 0.3) is 0 Å². The van der Waals surface area contributed by atoms with E-state index in [4.69, 9.17) is 0 Å². The minimum Gasteiger partial charge on any atom is -0.303 e. The van der Waals surface area contributed by atoms with Crippen molar-refractivity contribution in [2.45, 2.75) is 43.4 Å². The van der Waals surface area contributed by atoms with Gasteiger partial charge in [-0.05, 0) is 55.2 Å². The second kappa shape index (κ2) is 7.13. The molecule has 1 heterocycles. The van der Waals surface area contributed by atoms with Crippen LogP contribution in [0.1, 0.15) is 37.7 Å². The van der Waals surface area contributed by atoms with E-state index in [1.807, 2.05) is 0 Å². The summed E-state index contributed by atoms with van der Waals surface area (Å²) in [7, 11) is 0.471. The van der Waals surface area contributed by atoms with E-state index in [-0.39, 0.29) is 0 Å². The molecule has 0 N–H and O–H groups in total. The van der Waals surface area contributed by atoms with Crippen LogP contribution in [-0.2, 0) is 22.1 Å². The molecule has 1 fully saturated rings. The third-order valence-corrected chi connectivity index (χ3v) is 6.88. The molecule has 0 radical (unpaired) electrons. The second-order valence-corrected chi connectivity index (χ2v) is 8.03. The molecule has 0 aromatic heterocycles. The Bertz CT molecular complexity index is 614. The summed E-state index contributed by atoms with van der Waals surface area (Å²) in [5.41, 5.74) is 1.45. The van der Waals surface area contributed by atoms with Gasteiger partial charge >= 0.3 is 0 Å². The van der Waals surface area contributed by atoms with E-state index >= 15 is 0 Å². The molecule has 3 rings (SSSR count). The summed E-state index contributed by atoms with van der Waals surface area (Å²) < 4.78 is 0. The zero-order valence-electron chi connectivity index (χ0n) is 12.5. The van der Waals surface area contributed by atoms with Crippen molar-refractivity contribution in [2.24, 2.45) is 0 Å². The normalized spacial score (nSPS) is 15.6. The Morgan fingerprint density at radius 3 is 2.48 bits per heavy atom. The first kappa shape index (κ1) is 14.6. The van der Waals surface area contributed by atoms with Gasteiger partial charge < -0.3 is 4.79 Å². The molecule has 1 aliphatic rings. The van der Waals surface area contributed by atoms with Crippen LogP contribution in [-0.4, -0.2) is 17.8 Å². The van der Waals surface area contributed by atoms with Crippen LogP contribution in [0.3, 0.4) is 0 Å². The standard InChI is InChI=1S/C19H23OS/c20-13-5-1-2-8-16-11-12-19(21-14-6-7-15-21)18-10-4-3-9-17(16)18/h3-4,9-13H,1-2,5-8,14-15H2/q+1. The fourth-order valence-electron chi connectivity index (χ4n) is 3.22. The van der Waals surface area contributed by atoms with E-state index in [0.717, 1.165) is 25.5 Å². The first-order chi connectivity index (χ1) is 10.4. The van der Waals surface area contributed by atoms with E-state index in [9.17, 15) is 4.79 Å². The van der Waals surface area contributed by atoms with Crippen molar-refractivity contribution in [1.29, 1.82) is 0 Å². The highest BCUT2D eigenvalue weighted by Crippen LogP contribution is 2.32. The molecule has 110 valence electrons. The van der Waals surface area contributed by atoms with Crippen molar-refractivity contribution in [1.82, 2.24) is 0 Å². The van der Waals surface area contributed by atoms with Gasteiger partial charge in [0.15, 0.2) is 4.90 Å². The molecule has 0 aliphatic carbocycles. The minimum atomic E-state index is 0.471. The third kappa shape index (κ3) is 3.32.